The maximum Gasteiger partial charge on any atom is 0.416 e. The van der Waals surface area contributed by atoms with Gasteiger partial charge in [0.1, 0.15) is 5.82 Å². The molecule has 0 unspecified atom stereocenters. The monoisotopic (exact) mass is 324 g/mol. The normalized spacial score (nSPS) is 11.6. The lowest BCUT2D eigenvalue weighted by Gasteiger charge is -2.11. The topological polar surface area (TPSA) is 17.1 Å². The number of ketones is 1. The van der Waals surface area contributed by atoms with Gasteiger partial charge in [-0.2, -0.15) is 13.2 Å². The second kappa shape index (κ2) is 6.52. The number of carbonyl (C=O) groups excluding carboxylic acids is 1. The Labute approximate surface area is 132 Å². The Bertz CT molecular complexity index is 732. The molecule has 2 aromatic rings. The molecule has 0 atom stereocenters. The van der Waals surface area contributed by atoms with Gasteiger partial charge >= 0.3 is 6.18 Å². The van der Waals surface area contributed by atoms with Crippen LogP contribution in [0.15, 0.2) is 36.4 Å². The molecule has 23 heavy (non-hydrogen) atoms. The molecule has 122 valence electrons. The van der Waals surface area contributed by atoms with Crippen molar-refractivity contribution in [2.24, 2.45) is 0 Å². The minimum Gasteiger partial charge on any atom is -0.288 e. The molecule has 0 aliphatic rings. The molecule has 0 aliphatic carbocycles. The van der Waals surface area contributed by atoms with Crippen LogP contribution in [0.2, 0.25) is 0 Å². The smallest absolute Gasteiger partial charge is 0.288 e. The van der Waals surface area contributed by atoms with Crippen molar-refractivity contribution < 1.29 is 22.4 Å². The summed E-state index contributed by atoms with van der Waals surface area (Å²) in [6.07, 6.45) is -3.10. The van der Waals surface area contributed by atoms with Gasteiger partial charge in [0.05, 0.1) is 11.1 Å². The Morgan fingerprint density at radius 3 is 2.13 bits per heavy atom. The molecule has 0 bridgehead atoms. The van der Waals surface area contributed by atoms with Crippen LogP contribution in [0.5, 0.6) is 0 Å². The molecule has 0 fully saturated rings. The Balaban J connectivity index is 2.41. The lowest BCUT2D eigenvalue weighted by atomic mass is 9.95. The van der Waals surface area contributed by atoms with Gasteiger partial charge in [-0.1, -0.05) is 26.0 Å². The largest absolute Gasteiger partial charge is 0.416 e. The van der Waals surface area contributed by atoms with Gasteiger partial charge in [-0.15, -0.1) is 0 Å². The zero-order chi connectivity index (χ0) is 17.2. The van der Waals surface area contributed by atoms with Gasteiger partial charge in [0.15, 0.2) is 5.78 Å². The SMILES string of the molecule is CCc1ccc(C(=O)c2ccc(C(F)(F)F)cc2F)cc1CC. The Hall–Kier alpha value is -2.17. The van der Waals surface area contributed by atoms with Crippen LogP contribution in [0.3, 0.4) is 0 Å². The molecule has 0 saturated carbocycles. The molecule has 5 heteroatoms. The van der Waals surface area contributed by atoms with Crippen LogP contribution in [-0.2, 0) is 19.0 Å². The first kappa shape index (κ1) is 17.2. The fraction of sp³-hybridized carbons (Fsp3) is 0.278. The number of halogens is 4. The molecule has 2 aromatic carbocycles. The van der Waals surface area contributed by atoms with Gasteiger partial charge in [0, 0.05) is 5.56 Å². The Morgan fingerprint density at radius 1 is 0.957 bits per heavy atom. The zero-order valence-electron chi connectivity index (χ0n) is 12.8. The minimum atomic E-state index is -4.64. The summed E-state index contributed by atoms with van der Waals surface area (Å²) in [6.45, 7) is 3.94. The molecule has 0 amide bonds. The minimum absolute atomic E-state index is 0.276. The lowest BCUT2D eigenvalue weighted by Crippen LogP contribution is -2.10. The van der Waals surface area contributed by atoms with Crippen LogP contribution in [0.25, 0.3) is 0 Å². The first-order valence-corrected chi connectivity index (χ1v) is 7.31. The van der Waals surface area contributed by atoms with Crippen molar-refractivity contribution >= 4 is 5.78 Å². The molecule has 0 aromatic heterocycles. The average molecular weight is 324 g/mol. The standard InChI is InChI=1S/C18H16F4O/c1-3-11-5-6-13(9-12(11)4-2)17(23)15-8-7-14(10-16(15)19)18(20,21)22/h5-10H,3-4H2,1-2H3. The van der Waals surface area contributed by atoms with Crippen molar-refractivity contribution in [1.29, 1.82) is 0 Å². The van der Waals surface area contributed by atoms with E-state index in [1.54, 1.807) is 18.2 Å². The predicted octanol–water partition coefficient (Wildman–Crippen LogP) is 5.20. The molecule has 0 heterocycles. The predicted molar refractivity (Wildman–Crippen MR) is 80.0 cm³/mol. The van der Waals surface area contributed by atoms with Crippen molar-refractivity contribution in [3.63, 3.8) is 0 Å². The molecule has 1 nitrogen and oxygen atoms in total. The molecule has 0 N–H and O–H groups in total. The van der Waals surface area contributed by atoms with Crippen molar-refractivity contribution in [1.82, 2.24) is 0 Å². The highest BCUT2D eigenvalue weighted by Gasteiger charge is 2.31. The number of hydrogen-bond acceptors (Lipinski definition) is 1. The summed E-state index contributed by atoms with van der Waals surface area (Å²) in [5, 5.41) is 0. The van der Waals surface area contributed by atoms with Crippen LogP contribution in [0.1, 0.15) is 46.5 Å². The van der Waals surface area contributed by atoms with E-state index in [0.717, 1.165) is 36.1 Å². The van der Waals surface area contributed by atoms with Crippen molar-refractivity contribution in [2.45, 2.75) is 32.9 Å². The van der Waals surface area contributed by atoms with E-state index >= 15 is 0 Å². The molecular weight excluding hydrogens is 308 g/mol. The number of aryl methyl sites for hydroxylation is 2. The van der Waals surface area contributed by atoms with Crippen molar-refractivity contribution in [2.75, 3.05) is 0 Å². The number of benzene rings is 2. The van der Waals surface area contributed by atoms with Gasteiger partial charge in [0.25, 0.3) is 0 Å². The third-order valence-electron chi connectivity index (χ3n) is 3.77. The van der Waals surface area contributed by atoms with Crippen molar-refractivity contribution in [3.05, 3.63) is 70.0 Å². The van der Waals surface area contributed by atoms with Crippen LogP contribution in [0.4, 0.5) is 17.6 Å². The summed E-state index contributed by atoms with van der Waals surface area (Å²) in [4.78, 5) is 12.4. The maximum atomic E-state index is 13.9. The van der Waals surface area contributed by atoms with Crippen LogP contribution >= 0.6 is 0 Å². The van der Waals surface area contributed by atoms with Gasteiger partial charge in [-0.3, -0.25) is 4.79 Å². The van der Waals surface area contributed by atoms with E-state index in [1.165, 1.54) is 0 Å². The van der Waals surface area contributed by atoms with Crippen LogP contribution < -0.4 is 0 Å². The molecular formula is C18H16F4O. The third-order valence-corrected chi connectivity index (χ3v) is 3.77. The number of hydrogen-bond donors (Lipinski definition) is 0. The Kier molecular flexibility index (Phi) is 4.88. The lowest BCUT2D eigenvalue weighted by molar-refractivity contribution is -0.137. The first-order chi connectivity index (χ1) is 10.8. The van der Waals surface area contributed by atoms with Gasteiger partial charge < -0.3 is 0 Å². The van der Waals surface area contributed by atoms with Crippen molar-refractivity contribution in [3.8, 4) is 0 Å². The van der Waals surface area contributed by atoms with E-state index in [-0.39, 0.29) is 11.1 Å². The van der Waals surface area contributed by atoms with Gasteiger partial charge in [-0.05, 0) is 48.2 Å². The van der Waals surface area contributed by atoms with Gasteiger partial charge in [0.2, 0.25) is 0 Å². The number of carbonyl (C=O) groups is 1. The van der Waals surface area contributed by atoms with Gasteiger partial charge in [-0.25, -0.2) is 4.39 Å². The van der Waals surface area contributed by atoms with Crippen LogP contribution in [-0.4, -0.2) is 5.78 Å². The third kappa shape index (κ3) is 3.60. The van der Waals surface area contributed by atoms with E-state index < -0.39 is 23.3 Å². The van der Waals surface area contributed by atoms with E-state index in [9.17, 15) is 22.4 Å². The fourth-order valence-corrected chi connectivity index (χ4v) is 2.47. The molecule has 0 spiro atoms. The summed E-state index contributed by atoms with van der Waals surface area (Å²) < 4.78 is 51.6. The molecule has 0 aliphatic heterocycles. The van der Waals surface area contributed by atoms with Crippen LogP contribution in [0, 0.1) is 5.82 Å². The van der Waals surface area contributed by atoms with E-state index in [0.29, 0.717) is 6.07 Å². The van der Waals surface area contributed by atoms with E-state index in [1.807, 2.05) is 13.8 Å². The summed E-state index contributed by atoms with van der Waals surface area (Å²) in [5.74, 6) is -1.78. The summed E-state index contributed by atoms with van der Waals surface area (Å²) in [6, 6.07) is 7.02. The summed E-state index contributed by atoms with van der Waals surface area (Å²) >= 11 is 0. The fourth-order valence-electron chi connectivity index (χ4n) is 2.47. The molecule has 2 rings (SSSR count). The highest BCUT2D eigenvalue weighted by Crippen LogP contribution is 2.30. The zero-order valence-corrected chi connectivity index (χ0v) is 12.8. The highest BCUT2D eigenvalue weighted by molar-refractivity contribution is 6.09. The maximum absolute atomic E-state index is 13.9. The second-order valence-electron chi connectivity index (χ2n) is 5.21. The second-order valence-corrected chi connectivity index (χ2v) is 5.21. The first-order valence-electron chi connectivity index (χ1n) is 7.31. The number of rotatable bonds is 4. The quantitative estimate of drug-likeness (QED) is 0.558. The number of alkyl halides is 3. The molecule has 0 saturated heterocycles. The molecule has 0 radical (unpaired) electrons. The average Bonchev–Trinajstić information content (AvgIpc) is 2.52. The van der Waals surface area contributed by atoms with E-state index in [2.05, 4.69) is 0 Å². The Morgan fingerprint density at radius 2 is 1.61 bits per heavy atom. The summed E-state index contributed by atoms with van der Waals surface area (Å²) in [7, 11) is 0. The highest BCUT2D eigenvalue weighted by atomic mass is 19.4. The summed E-state index contributed by atoms with van der Waals surface area (Å²) in [5.41, 5.74) is 0.881. The van der Waals surface area contributed by atoms with E-state index in [4.69, 9.17) is 0 Å².